The van der Waals surface area contributed by atoms with E-state index in [2.05, 4.69) is 0 Å². The number of rotatable bonds is 6. The molecule has 0 aliphatic heterocycles. The standard InChI is InChI=1S/C22H22ClFN2O3/c1-3-4-8-15(21(25)28)20-12(2)26(18-11-17(24)19(27)10-16(18)20)22(29)13-6-5-7-14(23)9-13/h5-7,9-11,15,27H,3-4,8H2,1-2H3,(H2,25,28). The summed E-state index contributed by atoms with van der Waals surface area (Å²) in [6, 6.07) is 8.78. The van der Waals surface area contributed by atoms with Gasteiger partial charge in [0.15, 0.2) is 11.6 Å². The fourth-order valence-electron chi connectivity index (χ4n) is 3.74. The van der Waals surface area contributed by atoms with Crippen LogP contribution in [0, 0.1) is 12.7 Å². The molecule has 1 heterocycles. The number of aromatic nitrogens is 1. The molecule has 0 radical (unpaired) electrons. The fourth-order valence-corrected chi connectivity index (χ4v) is 3.93. The molecule has 1 unspecified atom stereocenters. The van der Waals surface area contributed by atoms with Gasteiger partial charge in [-0.2, -0.15) is 0 Å². The lowest BCUT2D eigenvalue weighted by molar-refractivity contribution is -0.119. The highest BCUT2D eigenvalue weighted by atomic mass is 35.5. The summed E-state index contributed by atoms with van der Waals surface area (Å²) >= 11 is 6.02. The third kappa shape index (κ3) is 3.85. The zero-order valence-corrected chi connectivity index (χ0v) is 17.0. The second-order valence-corrected chi connectivity index (χ2v) is 7.50. The lowest BCUT2D eigenvalue weighted by atomic mass is 9.90. The van der Waals surface area contributed by atoms with Crippen LogP contribution in [0.5, 0.6) is 5.75 Å². The molecule has 0 fully saturated rings. The minimum atomic E-state index is -0.856. The molecule has 0 aliphatic carbocycles. The monoisotopic (exact) mass is 416 g/mol. The van der Waals surface area contributed by atoms with Gasteiger partial charge >= 0.3 is 0 Å². The summed E-state index contributed by atoms with van der Waals surface area (Å²) in [5.41, 5.74) is 7.27. The van der Waals surface area contributed by atoms with E-state index in [4.69, 9.17) is 17.3 Å². The van der Waals surface area contributed by atoms with Crippen LogP contribution in [-0.4, -0.2) is 21.5 Å². The summed E-state index contributed by atoms with van der Waals surface area (Å²) in [4.78, 5) is 25.5. The van der Waals surface area contributed by atoms with Crippen molar-refractivity contribution in [3.63, 3.8) is 0 Å². The first-order chi connectivity index (χ1) is 13.8. The molecule has 3 aromatic rings. The van der Waals surface area contributed by atoms with E-state index in [0.29, 0.717) is 33.7 Å². The molecule has 0 spiro atoms. The highest BCUT2D eigenvalue weighted by molar-refractivity contribution is 6.31. The zero-order valence-electron chi connectivity index (χ0n) is 16.2. The number of nitrogens with zero attached hydrogens (tertiary/aromatic N) is 1. The molecule has 3 N–H and O–H groups in total. The number of phenolic OH excluding ortho intramolecular Hbond substituents is 1. The van der Waals surface area contributed by atoms with Crippen LogP contribution in [0.3, 0.4) is 0 Å². The molecule has 0 aliphatic rings. The average Bonchev–Trinajstić information content (AvgIpc) is 2.93. The van der Waals surface area contributed by atoms with Crippen LogP contribution in [0.2, 0.25) is 5.02 Å². The lowest BCUT2D eigenvalue weighted by Crippen LogP contribution is -2.22. The van der Waals surface area contributed by atoms with Crippen molar-refractivity contribution < 1.29 is 19.1 Å². The molecule has 3 rings (SSSR count). The van der Waals surface area contributed by atoms with E-state index in [1.165, 1.54) is 16.7 Å². The molecule has 1 aromatic heterocycles. The van der Waals surface area contributed by atoms with Gasteiger partial charge in [0.1, 0.15) is 0 Å². The summed E-state index contributed by atoms with van der Waals surface area (Å²) in [7, 11) is 0. The number of amides is 1. The predicted molar refractivity (Wildman–Crippen MR) is 111 cm³/mol. The van der Waals surface area contributed by atoms with Crippen LogP contribution in [-0.2, 0) is 4.79 Å². The number of phenols is 1. The van der Waals surface area contributed by atoms with Crippen molar-refractivity contribution in [2.45, 2.75) is 39.0 Å². The van der Waals surface area contributed by atoms with Crippen LogP contribution in [0.4, 0.5) is 4.39 Å². The average molecular weight is 417 g/mol. The predicted octanol–water partition coefficient (Wildman–Crippen LogP) is 4.90. The van der Waals surface area contributed by atoms with Gasteiger partial charge in [-0.25, -0.2) is 4.39 Å². The van der Waals surface area contributed by atoms with Gasteiger partial charge in [-0.15, -0.1) is 0 Å². The molecule has 29 heavy (non-hydrogen) atoms. The minimum absolute atomic E-state index is 0.264. The first-order valence-corrected chi connectivity index (χ1v) is 9.77. The van der Waals surface area contributed by atoms with Crippen LogP contribution in [0.25, 0.3) is 10.9 Å². The number of unbranched alkanes of at least 4 members (excludes halogenated alkanes) is 1. The number of benzene rings is 2. The molecule has 1 amide bonds. The highest BCUT2D eigenvalue weighted by Gasteiger charge is 2.29. The van der Waals surface area contributed by atoms with Crippen LogP contribution >= 0.6 is 11.6 Å². The smallest absolute Gasteiger partial charge is 0.262 e. The fraction of sp³-hybridized carbons (Fsp3) is 0.273. The lowest BCUT2D eigenvalue weighted by Gasteiger charge is -2.14. The van der Waals surface area contributed by atoms with Gasteiger partial charge in [0.05, 0.1) is 11.4 Å². The Hall–Kier alpha value is -2.86. The summed E-state index contributed by atoms with van der Waals surface area (Å²) < 4.78 is 15.5. The Kier molecular flexibility index (Phi) is 5.94. The second-order valence-electron chi connectivity index (χ2n) is 7.07. The van der Waals surface area contributed by atoms with Crippen LogP contribution < -0.4 is 5.73 Å². The Bertz CT molecular complexity index is 1110. The Morgan fingerprint density at radius 2 is 2.00 bits per heavy atom. The Labute approximate surface area is 172 Å². The van der Waals surface area contributed by atoms with E-state index in [-0.39, 0.29) is 5.52 Å². The molecular formula is C22H22ClFN2O3. The second kappa shape index (κ2) is 8.25. The molecule has 152 valence electrons. The van der Waals surface area contributed by atoms with E-state index in [1.807, 2.05) is 6.92 Å². The van der Waals surface area contributed by atoms with E-state index >= 15 is 0 Å². The number of nitrogens with two attached hydrogens (primary N) is 1. The van der Waals surface area contributed by atoms with Gasteiger partial charge in [0.25, 0.3) is 5.91 Å². The van der Waals surface area contributed by atoms with Crippen molar-refractivity contribution in [2.24, 2.45) is 5.73 Å². The third-order valence-corrected chi connectivity index (χ3v) is 5.37. The first-order valence-electron chi connectivity index (χ1n) is 9.39. The minimum Gasteiger partial charge on any atom is -0.505 e. The number of halogens is 2. The molecule has 5 nitrogen and oxygen atoms in total. The molecular weight excluding hydrogens is 395 g/mol. The van der Waals surface area contributed by atoms with Crippen LogP contribution in [0.15, 0.2) is 36.4 Å². The van der Waals surface area contributed by atoms with Crippen molar-refractivity contribution in [2.75, 3.05) is 0 Å². The summed E-state index contributed by atoms with van der Waals surface area (Å²) in [6.07, 6.45) is 2.12. The summed E-state index contributed by atoms with van der Waals surface area (Å²) in [5, 5.41) is 10.8. The number of hydrogen-bond donors (Lipinski definition) is 2. The summed E-state index contributed by atoms with van der Waals surface area (Å²) in [5.74, 6) is -3.00. The number of primary amides is 1. The van der Waals surface area contributed by atoms with Crippen molar-refractivity contribution in [1.82, 2.24) is 4.57 Å². The highest BCUT2D eigenvalue weighted by Crippen LogP contribution is 2.37. The van der Waals surface area contributed by atoms with Crippen molar-refractivity contribution in [3.8, 4) is 5.75 Å². The van der Waals surface area contributed by atoms with E-state index in [9.17, 15) is 19.1 Å². The third-order valence-electron chi connectivity index (χ3n) is 5.13. The van der Waals surface area contributed by atoms with Crippen molar-refractivity contribution >= 4 is 34.3 Å². The first kappa shape index (κ1) is 20.9. The largest absolute Gasteiger partial charge is 0.505 e. The number of carbonyl (C=O) groups excluding carboxylic acids is 2. The van der Waals surface area contributed by atoms with Gasteiger partial charge in [-0.1, -0.05) is 37.4 Å². The molecule has 2 aromatic carbocycles. The maximum Gasteiger partial charge on any atom is 0.262 e. The molecule has 1 atom stereocenters. The van der Waals surface area contributed by atoms with Gasteiger partial charge in [-0.3, -0.25) is 14.2 Å². The number of hydrogen-bond acceptors (Lipinski definition) is 3. The Balaban J connectivity index is 2.30. The number of fused-ring (bicyclic) bond motifs is 1. The quantitative estimate of drug-likeness (QED) is 0.599. The van der Waals surface area contributed by atoms with Crippen molar-refractivity contribution in [3.05, 3.63) is 64.1 Å². The molecule has 7 heteroatoms. The maximum absolute atomic E-state index is 14.2. The Morgan fingerprint density at radius 1 is 1.28 bits per heavy atom. The van der Waals surface area contributed by atoms with Crippen LogP contribution in [0.1, 0.15) is 53.7 Å². The Morgan fingerprint density at radius 3 is 2.62 bits per heavy atom. The van der Waals surface area contributed by atoms with Crippen molar-refractivity contribution in [1.29, 1.82) is 0 Å². The number of carbonyl (C=O) groups is 2. The van der Waals surface area contributed by atoms with Gasteiger partial charge in [0.2, 0.25) is 5.91 Å². The van der Waals surface area contributed by atoms with E-state index in [0.717, 1.165) is 18.9 Å². The molecule has 0 saturated carbocycles. The van der Waals surface area contributed by atoms with Gasteiger partial charge < -0.3 is 10.8 Å². The SMILES string of the molecule is CCCCC(C(N)=O)c1c(C)n(C(=O)c2cccc(Cl)c2)c2cc(F)c(O)cc12. The number of aromatic hydroxyl groups is 1. The maximum atomic E-state index is 14.2. The molecule has 0 bridgehead atoms. The topological polar surface area (TPSA) is 85.3 Å². The normalized spacial score (nSPS) is 12.3. The summed E-state index contributed by atoms with van der Waals surface area (Å²) in [6.45, 7) is 3.69. The van der Waals surface area contributed by atoms with E-state index in [1.54, 1.807) is 25.1 Å². The molecule has 0 saturated heterocycles. The van der Waals surface area contributed by atoms with Gasteiger partial charge in [-0.05, 0) is 43.2 Å². The zero-order chi connectivity index (χ0) is 21.3. The van der Waals surface area contributed by atoms with E-state index < -0.39 is 29.3 Å². The van der Waals surface area contributed by atoms with Gasteiger partial charge in [0, 0.05) is 27.7 Å².